The largest absolute Gasteiger partial charge is 0.504 e. The number of azo groups is 1. The van der Waals surface area contributed by atoms with Crippen LogP contribution >= 0.6 is 0 Å². The van der Waals surface area contributed by atoms with E-state index in [1.807, 2.05) is 6.92 Å². The van der Waals surface area contributed by atoms with Crippen LogP contribution in [0.1, 0.15) is 15.9 Å². The third kappa shape index (κ3) is 2.92. The van der Waals surface area contributed by atoms with E-state index in [4.69, 9.17) is 5.11 Å². The monoisotopic (exact) mass is 288 g/mol. The van der Waals surface area contributed by atoms with E-state index in [9.17, 15) is 20.1 Å². The zero-order valence-corrected chi connectivity index (χ0v) is 11.0. The highest BCUT2D eigenvalue weighted by atomic mass is 16.4. The van der Waals surface area contributed by atoms with Gasteiger partial charge < -0.3 is 20.4 Å². The van der Waals surface area contributed by atoms with Crippen molar-refractivity contribution < 1.29 is 25.2 Å². The Morgan fingerprint density at radius 1 is 1.00 bits per heavy atom. The van der Waals surface area contributed by atoms with Gasteiger partial charge in [-0.15, -0.1) is 5.11 Å². The summed E-state index contributed by atoms with van der Waals surface area (Å²) in [5.74, 6) is -3.86. The van der Waals surface area contributed by atoms with E-state index >= 15 is 0 Å². The number of aryl methyl sites for hydroxylation is 1. The van der Waals surface area contributed by atoms with E-state index in [1.54, 1.807) is 24.3 Å². The number of nitrogens with zero attached hydrogens (tertiary/aromatic N) is 2. The Balaban J connectivity index is 2.50. The van der Waals surface area contributed by atoms with Crippen LogP contribution in [-0.2, 0) is 0 Å². The molecule has 108 valence electrons. The number of carbonyl (C=O) groups is 1. The lowest BCUT2D eigenvalue weighted by molar-refractivity contribution is 0.0697. The quantitative estimate of drug-likeness (QED) is 0.510. The van der Waals surface area contributed by atoms with Gasteiger partial charge in [-0.3, -0.25) is 0 Å². The maximum atomic E-state index is 11.1. The fourth-order valence-corrected chi connectivity index (χ4v) is 1.62. The molecule has 0 spiro atoms. The van der Waals surface area contributed by atoms with Gasteiger partial charge in [0, 0.05) is 6.07 Å². The molecular formula is C14H12N2O5. The maximum Gasteiger partial charge on any atom is 0.338 e. The number of carboxylic acids is 1. The summed E-state index contributed by atoms with van der Waals surface area (Å²) < 4.78 is 0. The van der Waals surface area contributed by atoms with Crippen molar-refractivity contribution >= 4 is 17.3 Å². The molecule has 2 aromatic carbocycles. The molecule has 0 radical (unpaired) electrons. The first-order chi connectivity index (χ1) is 9.90. The third-order valence-corrected chi connectivity index (χ3v) is 2.76. The number of rotatable bonds is 3. The SMILES string of the molecule is Cc1ccc(/N=N/c2c(C(=O)O)cc(O)c(O)c2O)cc1. The molecule has 21 heavy (non-hydrogen) atoms. The molecule has 0 aliphatic heterocycles. The predicted molar refractivity (Wildman–Crippen MR) is 73.8 cm³/mol. The van der Waals surface area contributed by atoms with Crippen molar-refractivity contribution in [2.75, 3.05) is 0 Å². The minimum Gasteiger partial charge on any atom is -0.504 e. The summed E-state index contributed by atoms with van der Waals surface area (Å²) in [7, 11) is 0. The highest BCUT2D eigenvalue weighted by Crippen LogP contribution is 2.45. The zero-order valence-electron chi connectivity index (χ0n) is 11.0. The zero-order chi connectivity index (χ0) is 15.6. The van der Waals surface area contributed by atoms with Crippen LogP contribution in [0.3, 0.4) is 0 Å². The number of hydrogen-bond donors (Lipinski definition) is 4. The molecule has 0 fully saturated rings. The molecule has 0 saturated carbocycles. The van der Waals surface area contributed by atoms with Crippen molar-refractivity contribution in [2.45, 2.75) is 6.92 Å². The van der Waals surface area contributed by atoms with Crippen molar-refractivity contribution in [3.63, 3.8) is 0 Å². The minimum atomic E-state index is -1.42. The van der Waals surface area contributed by atoms with Crippen molar-refractivity contribution in [1.82, 2.24) is 0 Å². The molecule has 7 nitrogen and oxygen atoms in total. The summed E-state index contributed by atoms with van der Waals surface area (Å²) in [5, 5.41) is 44.9. The molecule has 4 N–H and O–H groups in total. The van der Waals surface area contributed by atoms with Crippen LogP contribution in [0.2, 0.25) is 0 Å². The van der Waals surface area contributed by atoms with Crippen LogP contribution < -0.4 is 0 Å². The molecule has 0 amide bonds. The number of phenolic OH excluding ortho intramolecular Hbond substituents is 3. The highest BCUT2D eigenvalue weighted by Gasteiger charge is 2.21. The number of benzene rings is 2. The van der Waals surface area contributed by atoms with Crippen LogP contribution in [0.4, 0.5) is 11.4 Å². The Hall–Kier alpha value is -3.09. The second-order valence-corrected chi connectivity index (χ2v) is 4.33. The Morgan fingerprint density at radius 3 is 2.19 bits per heavy atom. The average Bonchev–Trinajstić information content (AvgIpc) is 2.45. The van der Waals surface area contributed by atoms with Gasteiger partial charge >= 0.3 is 5.97 Å². The van der Waals surface area contributed by atoms with E-state index in [0.717, 1.165) is 11.6 Å². The number of aromatic hydroxyl groups is 3. The second kappa shape index (κ2) is 5.49. The predicted octanol–water partition coefficient (Wildman–Crippen LogP) is 3.23. The Morgan fingerprint density at radius 2 is 1.62 bits per heavy atom. The van der Waals surface area contributed by atoms with Gasteiger partial charge in [0.15, 0.2) is 11.5 Å². The topological polar surface area (TPSA) is 123 Å². The molecule has 0 aliphatic carbocycles. The first-order valence-corrected chi connectivity index (χ1v) is 5.89. The summed E-state index contributed by atoms with van der Waals surface area (Å²) in [6, 6.07) is 7.70. The van der Waals surface area contributed by atoms with Gasteiger partial charge in [0.1, 0.15) is 5.69 Å². The Labute approximate surface area is 119 Å². The lowest BCUT2D eigenvalue weighted by Gasteiger charge is -2.06. The fourth-order valence-electron chi connectivity index (χ4n) is 1.62. The number of phenols is 3. The molecule has 0 atom stereocenters. The molecule has 0 heterocycles. The first-order valence-electron chi connectivity index (χ1n) is 5.89. The van der Waals surface area contributed by atoms with Crippen LogP contribution in [0.25, 0.3) is 0 Å². The van der Waals surface area contributed by atoms with Crippen molar-refractivity contribution in [3.8, 4) is 17.2 Å². The molecule has 7 heteroatoms. The second-order valence-electron chi connectivity index (χ2n) is 4.33. The lowest BCUT2D eigenvalue weighted by atomic mass is 10.1. The van der Waals surface area contributed by atoms with E-state index in [1.165, 1.54) is 0 Å². The summed E-state index contributed by atoms with van der Waals surface area (Å²) in [5.41, 5.74) is 0.561. The molecule has 2 rings (SSSR count). The number of carboxylic acid groups (broad SMARTS) is 1. The number of aromatic carboxylic acids is 1. The van der Waals surface area contributed by atoms with Crippen molar-refractivity contribution in [3.05, 3.63) is 41.5 Å². The van der Waals surface area contributed by atoms with Gasteiger partial charge in [-0.1, -0.05) is 17.7 Å². The van der Waals surface area contributed by atoms with Gasteiger partial charge in [-0.25, -0.2) is 4.79 Å². The van der Waals surface area contributed by atoms with Gasteiger partial charge in [-0.2, -0.15) is 5.11 Å². The van der Waals surface area contributed by atoms with Crippen molar-refractivity contribution in [2.24, 2.45) is 10.2 Å². The van der Waals surface area contributed by atoms with Crippen LogP contribution in [0, 0.1) is 6.92 Å². The summed E-state index contributed by atoms with van der Waals surface area (Å²) in [6.07, 6.45) is 0. The summed E-state index contributed by atoms with van der Waals surface area (Å²) >= 11 is 0. The highest BCUT2D eigenvalue weighted by molar-refractivity contribution is 5.96. The van der Waals surface area contributed by atoms with Gasteiger partial charge in [-0.05, 0) is 19.1 Å². The van der Waals surface area contributed by atoms with Gasteiger partial charge in [0.05, 0.1) is 11.3 Å². The summed E-state index contributed by atoms with van der Waals surface area (Å²) in [4.78, 5) is 11.1. The lowest BCUT2D eigenvalue weighted by Crippen LogP contribution is -1.96. The Kier molecular flexibility index (Phi) is 3.75. The van der Waals surface area contributed by atoms with Crippen LogP contribution in [0.5, 0.6) is 17.2 Å². The Bertz CT molecular complexity index is 723. The van der Waals surface area contributed by atoms with E-state index in [-0.39, 0.29) is 0 Å². The van der Waals surface area contributed by atoms with Gasteiger partial charge in [0.2, 0.25) is 5.75 Å². The maximum absolute atomic E-state index is 11.1. The van der Waals surface area contributed by atoms with Crippen LogP contribution in [-0.4, -0.2) is 26.4 Å². The normalized spacial score (nSPS) is 10.9. The fraction of sp³-hybridized carbons (Fsp3) is 0.0714. The molecule has 2 aromatic rings. The summed E-state index contributed by atoms with van der Waals surface area (Å²) in [6.45, 7) is 1.90. The molecule has 0 aromatic heterocycles. The molecule has 0 bridgehead atoms. The molecule has 0 saturated heterocycles. The molecule has 0 unspecified atom stereocenters. The average molecular weight is 288 g/mol. The van der Waals surface area contributed by atoms with Crippen LogP contribution in [0.15, 0.2) is 40.6 Å². The van der Waals surface area contributed by atoms with E-state index < -0.39 is 34.5 Å². The molecule has 0 aliphatic rings. The minimum absolute atomic E-state index is 0.432. The van der Waals surface area contributed by atoms with Crippen molar-refractivity contribution in [1.29, 1.82) is 0 Å². The first kappa shape index (κ1) is 14.3. The standard InChI is InChI=1S/C14H12N2O5/c1-7-2-4-8(5-3-7)15-16-11-9(14(20)21)6-10(17)12(18)13(11)19/h2-6,17-19H,1H3,(H,20,21)/b16-15+. The van der Waals surface area contributed by atoms with E-state index in [0.29, 0.717) is 5.69 Å². The molecular weight excluding hydrogens is 276 g/mol. The number of hydrogen-bond acceptors (Lipinski definition) is 6. The third-order valence-electron chi connectivity index (χ3n) is 2.76. The van der Waals surface area contributed by atoms with Gasteiger partial charge in [0.25, 0.3) is 0 Å². The smallest absolute Gasteiger partial charge is 0.338 e. The van der Waals surface area contributed by atoms with E-state index in [2.05, 4.69) is 10.2 Å².